The van der Waals surface area contributed by atoms with E-state index in [0.717, 1.165) is 5.56 Å². The largest absolute Gasteiger partial charge is 0.466 e. The first-order valence-electron chi connectivity index (χ1n) is 12.0. The van der Waals surface area contributed by atoms with E-state index in [9.17, 15) is 19.5 Å². The first-order valence-corrected chi connectivity index (χ1v) is 13.8. The van der Waals surface area contributed by atoms with E-state index in [-0.39, 0.29) is 47.0 Å². The number of fused-ring (bicyclic) bond motifs is 1. The summed E-state index contributed by atoms with van der Waals surface area (Å²) in [6.07, 6.45) is 1.18. The molecule has 3 fully saturated rings. The molecule has 0 saturated carbocycles. The summed E-state index contributed by atoms with van der Waals surface area (Å²) in [5, 5.41) is 13.2. The van der Waals surface area contributed by atoms with Gasteiger partial charge in [0.2, 0.25) is 11.8 Å². The van der Waals surface area contributed by atoms with Gasteiger partial charge in [-0.1, -0.05) is 60.1 Å². The summed E-state index contributed by atoms with van der Waals surface area (Å²) in [5.74, 6) is -1.84. The number of likely N-dealkylation sites (tertiary alicyclic amines) is 1. The number of hydrogen-bond acceptors (Lipinski definition) is 6. The molecular formula is C25H33BrN2O5S. The first kappa shape index (κ1) is 25.5. The first-order chi connectivity index (χ1) is 16.2. The van der Waals surface area contributed by atoms with E-state index in [4.69, 9.17) is 4.74 Å². The van der Waals surface area contributed by atoms with Crippen molar-refractivity contribution in [3.63, 3.8) is 0 Å². The maximum absolute atomic E-state index is 14.0. The highest BCUT2D eigenvalue weighted by Gasteiger charge is 2.76. The van der Waals surface area contributed by atoms with Crippen LogP contribution in [0.25, 0.3) is 0 Å². The van der Waals surface area contributed by atoms with Crippen molar-refractivity contribution in [3.8, 4) is 0 Å². The molecule has 1 spiro atoms. The van der Waals surface area contributed by atoms with Crippen molar-refractivity contribution in [2.24, 2.45) is 17.8 Å². The van der Waals surface area contributed by atoms with Crippen LogP contribution in [0.5, 0.6) is 0 Å². The monoisotopic (exact) mass is 552 g/mol. The van der Waals surface area contributed by atoms with Gasteiger partial charge in [-0.3, -0.25) is 14.4 Å². The lowest BCUT2D eigenvalue weighted by molar-refractivity contribution is -0.154. The Kier molecular flexibility index (Phi) is 7.64. The predicted octanol–water partition coefficient (Wildman–Crippen LogP) is 2.74. The standard InChI is InChI=1S/C25H33BrN2O5S/c1-4-33-24(32)18-19-23(31)28(16(13-29)10-14(2)3)21(25(19)11-17(26)20(18)34-25)22(30)27-12-15-8-6-5-7-9-15/h5-9,14,16-21,29H,4,10-13H2,1-3H3,(H,27,30)/t16-,17?,18+,19+,20+,21?,25?/m1/s1. The lowest BCUT2D eigenvalue weighted by Gasteiger charge is -2.37. The van der Waals surface area contributed by atoms with Gasteiger partial charge in [-0.25, -0.2) is 0 Å². The Hall–Kier alpha value is -1.58. The molecule has 3 heterocycles. The summed E-state index contributed by atoms with van der Waals surface area (Å²) >= 11 is 5.31. The number of nitrogens with zero attached hydrogens (tertiary/aromatic N) is 1. The number of thioether (sulfide) groups is 1. The third kappa shape index (κ3) is 4.28. The van der Waals surface area contributed by atoms with Gasteiger partial charge < -0.3 is 20.1 Å². The highest BCUT2D eigenvalue weighted by molar-refractivity contribution is 9.09. The number of hydrogen-bond donors (Lipinski definition) is 2. The molecule has 0 aliphatic carbocycles. The van der Waals surface area contributed by atoms with E-state index in [0.29, 0.717) is 19.4 Å². The minimum Gasteiger partial charge on any atom is -0.466 e. The maximum Gasteiger partial charge on any atom is 0.310 e. The molecule has 9 heteroatoms. The molecule has 7 atom stereocenters. The Morgan fingerprint density at radius 3 is 2.65 bits per heavy atom. The van der Waals surface area contributed by atoms with Gasteiger partial charge in [-0.2, -0.15) is 0 Å². The van der Waals surface area contributed by atoms with E-state index in [1.54, 1.807) is 23.6 Å². The van der Waals surface area contributed by atoms with Gasteiger partial charge in [0, 0.05) is 16.6 Å². The number of alkyl halides is 1. The number of amides is 2. The summed E-state index contributed by atoms with van der Waals surface area (Å²) in [5.41, 5.74) is 0.966. The second-order valence-electron chi connectivity index (χ2n) is 9.83. The van der Waals surface area contributed by atoms with E-state index >= 15 is 0 Å². The van der Waals surface area contributed by atoms with Crippen molar-refractivity contribution in [1.29, 1.82) is 0 Å². The zero-order valence-electron chi connectivity index (χ0n) is 19.8. The van der Waals surface area contributed by atoms with Gasteiger partial charge in [0.15, 0.2) is 0 Å². The molecule has 1 aromatic rings. The number of esters is 1. The zero-order valence-corrected chi connectivity index (χ0v) is 22.2. The molecule has 7 nitrogen and oxygen atoms in total. The second kappa shape index (κ2) is 10.2. The predicted molar refractivity (Wildman–Crippen MR) is 134 cm³/mol. The Morgan fingerprint density at radius 2 is 2.03 bits per heavy atom. The number of aliphatic hydroxyl groups is 1. The molecule has 2 amide bonds. The fourth-order valence-corrected chi connectivity index (χ4v) is 9.56. The van der Waals surface area contributed by atoms with E-state index in [1.165, 1.54) is 0 Å². The van der Waals surface area contributed by atoms with Gasteiger partial charge in [0.1, 0.15) is 6.04 Å². The van der Waals surface area contributed by atoms with Gasteiger partial charge in [0.05, 0.1) is 35.8 Å². The third-order valence-corrected chi connectivity index (χ3v) is 10.4. The molecule has 186 valence electrons. The topological polar surface area (TPSA) is 95.9 Å². The summed E-state index contributed by atoms with van der Waals surface area (Å²) in [7, 11) is 0. The number of nitrogens with one attached hydrogen (secondary N) is 1. The van der Waals surface area contributed by atoms with Crippen molar-refractivity contribution >= 4 is 45.5 Å². The smallest absolute Gasteiger partial charge is 0.310 e. The Balaban J connectivity index is 1.71. The van der Waals surface area contributed by atoms with Crippen LogP contribution in [-0.4, -0.2) is 67.9 Å². The van der Waals surface area contributed by atoms with Crippen molar-refractivity contribution in [3.05, 3.63) is 35.9 Å². The SMILES string of the molecule is CCOC(=O)[C@H]1[C@H]2C(=O)N([C@@H](CO)CC(C)C)C(C(=O)NCc3ccccc3)C23CC(Br)[C@@H]1S3. The van der Waals surface area contributed by atoms with Crippen LogP contribution in [0.1, 0.15) is 39.2 Å². The highest BCUT2D eigenvalue weighted by Crippen LogP contribution is 2.68. The molecule has 2 bridgehead atoms. The second-order valence-corrected chi connectivity index (χ2v) is 12.5. The molecule has 4 rings (SSSR count). The van der Waals surface area contributed by atoms with Crippen LogP contribution in [0.2, 0.25) is 0 Å². The molecule has 0 radical (unpaired) electrons. The number of benzene rings is 1. The lowest BCUT2D eigenvalue weighted by Crippen LogP contribution is -2.57. The summed E-state index contributed by atoms with van der Waals surface area (Å²) < 4.78 is 4.64. The van der Waals surface area contributed by atoms with Crippen LogP contribution >= 0.6 is 27.7 Å². The van der Waals surface area contributed by atoms with Crippen molar-refractivity contribution in [1.82, 2.24) is 10.2 Å². The van der Waals surface area contributed by atoms with Crippen molar-refractivity contribution in [2.75, 3.05) is 13.2 Å². The molecule has 3 aliphatic rings. The van der Waals surface area contributed by atoms with E-state index < -0.39 is 28.7 Å². The van der Waals surface area contributed by atoms with Crippen LogP contribution in [0, 0.1) is 17.8 Å². The molecule has 0 aromatic heterocycles. The Morgan fingerprint density at radius 1 is 1.32 bits per heavy atom. The zero-order chi connectivity index (χ0) is 24.6. The van der Waals surface area contributed by atoms with Crippen LogP contribution < -0.4 is 5.32 Å². The highest BCUT2D eigenvalue weighted by atomic mass is 79.9. The van der Waals surface area contributed by atoms with Crippen LogP contribution in [-0.2, 0) is 25.7 Å². The quantitative estimate of drug-likeness (QED) is 0.361. The lowest BCUT2D eigenvalue weighted by atomic mass is 9.71. The van der Waals surface area contributed by atoms with Crippen LogP contribution in [0.15, 0.2) is 30.3 Å². The number of carbonyl (C=O) groups is 3. The number of rotatable bonds is 9. The number of ether oxygens (including phenoxy) is 1. The molecule has 3 aliphatic heterocycles. The molecule has 3 saturated heterocycles. The fraction of sp³-hybridized carbons (Fsp3) is 0.640. The average Bonchev–Trinajstić information content (AvgIpc) is 3.40. The summed E-state index contributed by atoms with van der Waals surface area (Å²) in [6.45, 7) is 6.18. The van der Waals surface area contributed by atoms with Crippen LogP contribution in [0.4, 0.5) is 0 Å². The van der Waals surface area contributed by atoms with E-state index in [1.807, 2.05) is 44.2 Å². The summed E-state index contributed by atoms with van der Waals surface area (Å²) in [4.78, 5) is 42.4. The number of halogens is 1. The van der Waals surface area contributed by atoms with Gasteiger partial charge in [-0.05, 0) is 31.2 Å². The van der Waals surface area contributed by atoms with Gasteiger partial charge in [0.25, 0.3) is 0 Å². The minimum absolute atomic E-state index is 0.00185. The van der Waals surface area contributed by atoms with Gasteiger partial charge >= 0.3 is 5.97 Å². The van der Waals surface area contributed by atoms with E-state index in [2.05, 4.69) is 21.2 Å². The number of carbonyl (C=O) groups excluding carboxylic acids is 3. The molecule has 34 heavy (non-hydrogen) atoms. The van der Waals surface area contributed by atoms with Gasteiger partial charge in [-0.15, -0.1) is 11.8 Å². The Labute approximate surface area is 213 Å². The van der Waals surface area contributed by atoms with Crippen molar-refractivity contribution < 1.29 is 24.2 Å². The average molecular weight is 554 g/mol. The number of aliphatic hydroxyl groups excluding tert-OH is 1. The normalized spacial score (nSPS) is 32.7. The van der Waals surface area contributed by atoms with Crippen molar-refractivity contribution in [2.45, 2.75) is 67.1 Å². The third-order valence-electron chi connectivity index (χ3n) is 7.19. The molecule has 3 unspecified atom stereocenters. The summed E-state index contributed by atoms with van der Waals surface area (Å²) in [6, 6.07) is 8.38. The minimum atomic E-state index is -0.765. The molecular weight excluding hydrogens is 520 g/mol. The van der Waals surface area contributed by atoms with Crippen LogP contribution in [0.3, 0.4) is 0 Å². The molecule has 1 aromatic carbocycles. The fourth-order valence-electron chi connectivity index (χ4n) is 5.97. The maximum atomic E-state index is 14.0. The molecule has 2 N–H and O–H groups in total. The Bertz CT molecular complexity index is 931.